The molecule has 0 aromatic carbocycles. The largest absolute Gasteiger partial charge is 0.352 e. The molecule has 1 unspecified atom stereocenters. The summed E-state index contributed by atoms with van der Waals surface area (Å²) >= 11 is 1.54. The molecule has 0 spiro atoms. The minimum Gasteiger partial charge on any atom is -0.352 e. The molecule has 1 N–H and O–H groups in total. The van der Waals surface area contributed by atoms with Gasteiger partial charge >= 0.3 is 0 Å². The Hall–Kier alpha value is -2.15. The van der Waals surface area contributed by atoms with Gasteiger partial charge in [-0.3, -0.25) is 19.1 Å². The maximum Gasteiger partial charge on any atom is 0.254 e. The smallest absolute Gasteiger partial charge is 0.254 e. The van der Waals surface area contributed by atoms with Crippen LogP contribution in [0.25, 0.3) is 0 Å². The average molecular weight is 330 g/mol. The van der Waals surface area contributed by atoms with Crippen molar-refractivity contribution in [1.29, 1.82) is 0 Å². The van der Waals surface area contributed by atoms with Crippen molar-refractivity contribution in [1.82, 2.24) is 19.9 Å². The highest BCUT2D eigenvalue weighted by Gasteiger charge is 2.27. The van der Waals surface area contributed by atoms with Gasteiger partial charge in [-0.1, -0.05) is 18.7 Å². The summed E-state index contributed by atoms with van der Waals surface area (Å²) in [6, 6.07) is 5.17. The van der Waals surface area contributed by atoms with E-state index in [-0.39, 0.29) is 23.9 Å². The van der Waals surface area contributed by atoms with E-state index in [1.165, 1.54) is 11.8 Å². The van der Waals surface area contributed by atoms with Crippen LogP contribution in [0.5, 0.6) is 0 Å². The molecule has 1 atom stereocenters. The van der Waals surface area contributed by atoms with Crippen molar-refractivity contribution in [2.75, 3.05) is 5.75 Å². The predicted octanol–water partition coefficient (Wildman–Crippen LogP) is 1.55. The van der Waals surface area contributed by atoms with Gasteiger partial charge in [0.2, 0.25) is 5.91 Å². The van der Waals surface area contributed by atoms with E-state index in [0.717, 1.165) is 22.8 Å². The fourth-order valence-corrected chi connectivity index (χ4v) is 3.69. The van der Waals surface area contributed by atoms with Crippen molar-refractivity contribution < 1.29 is 4.79 Å². The van der Waals surface area contributed by atoms with Crippen molar-refractivity contribution >= 4 is 17.7 Å². The first kappa shape index (κ1) is 15.7. The normalized spacial score (nSPS) is 16.1. The first-order valence-electron chi connectivity index (χ1n) is 7.58. The third-order valence-corrected chi connectivity index (χ3v) is 4.86. The lowest BCUT2D eigenvalue weighted by atomic mass is 10.2. The summed E-state index contributed by atoms with van der Waals surface area (Å²) in [5, 5.41) is 3.61. The SMILES string of the molecule is CCc1cc(=O)n2c(n1)SCC2CC(=O)NCc1ccncc1. The maximum atomic E-state index is 12.2. The third kappa shape index (κ3) is 3.61. The molecule has 0 bridgehead atoms. The predicted molar refractivity (Wildman–Crippen MR) is 88.3 cm³/mol. The highest BCUT2D eigenvalue weighted by Crippen LogP contribution is 2.31. The number of amides is 1. The van der Waals surface area contributed by atoms with Gasteiger partial charge in [0.05, 0.1) is 6.04 Å². The molecule has 3 rings (SSSR count). The van der Waals surface area contributed by atoms with E-state index in [9.17, 15) is 9.59 Å². The van der Waals surface area contributed by atoms with E-state index in [1.807, 2.05) is 19.1 Å². The van der Waals surface area contributed by atoms with Gasteiger partial charge in [-0.2, -0.15) is 0 Å². The van der Waals surface area contributed by atoms with Gasteiger partial charge in [0.1, 0.15) is 0 Å². The molecule has 1 aliphatic heterocycles. The van der Waals surface area contributed by atoms with Crippen molar-refractivity contribution in [3.05, 3.63) is 52.2 Å². The number of nitrogens with zero attached hydrogens (tertiary/aromatic N) is 3. The first-order valence-corrected chi connectivity index (χ1v) is 8.56. The number of carbonyl (C=O) groups is 1. The van der Waals surface area contributed by atoms with Crippen molar-refractivity contribution in [3.63, 3.8) is 0 Å². The van der Waals surface area contributed by atoms with Gasteiger partial charge in [-0.15, -0.1) is 0 Å². The fourth-order valence-electron chi connectivity index (χ4n) is 2.52. The third-order valence-electron chi connectivity index (χ3n) is 3.77. The molecule has 0 aliphatic carbocycles. The summed E-state index contributed by atoms with van der Waals surface area (Å²) in [4.78, 5) is 32.8. The Morgan fingerprint density at radius 1 is 1.43 bits per heavy atom. The molecule has 1 aliphatic rings. The lowest BCUT2D eigenvalue weighted by Gasteiger charge is -2.13. The van der Waals surface area contributed by atoms with E-state index >= 15 is 0 Å². The summed E-state index contributed by atoms with van der Waals surface area (Å²) in [5.74, 6) is 0.643. The van der Waals surface area contributed by atoms with Crippen LogP contribution in [0.1, 0.15) is 30.6 Å². The Labute approximate surface area is 138 Å². The molecular weight excluding hydrogens is 312 g/mol. The molecule has 120 valence electrons. The molecule has 2 aromatic rings. The second kappa shape index (κ2) is 6.95. The monoisotopic (exact) mass is 330 g/mol. The molecule has 0 saturated heterocycles. The zero-order valence-corrected chi connectivity index (χ0v) is 13.7. The summed E-state index contributed by atoms with van der Waals surface area (Å²) in [7, 11) is 0. The van der Waals surface area contributed by atoms with Crippen LogP contribution in [-0.4, -0.2) is 26.2 Å². The number of thioether (sulfide) groups is 1. The van der Waals surface area contributed by atoms with Gasteiger partial charge in [-0.25, -0.2) is 4.98 Å². The zero-order chi connectivity index (χ0) is 16.2. The van der Waals surface area contributed by atoms with Crippen molar-refractivity contribution in [3.8, 4) is 0 Å². The number of hydrogen-bond acceptors (Lipinski definition) is 5. The molecule has 0 saturated carbocycles. The van der Waals surface area contributed by atoms with E-state index in [0.29, 0.717) is 12.3 Å². The minimum atomic E-state index is -0.127. The number of fused-ring (bicyclic) bond motifs is 1. The van der Waals surface area contributed by atoms with Gasteiger partial charge in [0.15, 0.2) is 5.16 Å². The summed E-state index contributed by atoms with van der Waals surface area (Å²) < 4.78 is 1.65. The lowest BCUT2D eigenvalue weighted by Crippen LogP contribution is -2.30. The minimum absolute atomic E-state index is 0.0632. The molecule has 2 aromatic heterocycles. The summed E-state index contributed by atoms with van der Waals surface area (Å²) in [6.07, 6.45) is 4.42. The second-order valence-corrected chi connectivity index (χ2v) is 6.38. The van der Waals surface area contributed by atoms with Crippen LogP contribution in [0.3, 0.4) is 0 Å². The molecule has 3 heterocycles. The number of hydrogen-bond donors (Lipinski definition) is 1. The van der Waals surface area contributed by atoms with Crippen LogP contribution in [0.15, 0.2) is 40.5 Å². The van der Waals surface area contributed by atoms with Crippen LogP contribution >= 0.6 is 11.8 Å². The number of aryl methyl sites for hydroxylation is 1. The van der Waals surface area contributed by atoms with E-state index in [1.54, 1.807) is 23.0 Å². The Morgan fingerprint density at radius 3 is 2.96 bits per heavy atom. The molecule has 0 radical (unpaired) electrons. The first-order chi connectivity index (χ1) is 11.2. The standard InChI is InChI=1S/C16H18N4O2S/c1-2-12-7-15(22)20-13(10-23-16(20)19-12)8-14(21)18-9-11-3-5-17-6-4-11/h3-7,13H,2,8-10H2,1H3,(H,18,21). The Morgan fingerprint density at radius 2 is 2.22 bits per heavy atom. The Bertz CT molecular complexity index is 760. The molecule has 0 fully saturated rings. The number of aromatic nitrogens is 3. The summed E-state index contributed by atoms with van der Waals surface area (Å²) in [5.41, 5.74) is 1.74. The van der Waals surface area contributed by atoms with Crippen LogP contribution in [0, 0.1) is 0 Å². The highest BCUT2D eigenvalue weighted by molar-refractivity contribution is 7.99. The van der Waals surface area contributed by atoms with Gasteiger partial charge in [0.25, 0.3) is 5.56 Å². The molecule has 7 heteroatoms. The van der Waals surface area contributed by atoms with E-state index < -0.39 is 0 Å². The summed E-state index contributed by atoms with van der Waals surface area (Å²) in [6.45, 7) is 2.44. The van der Waals surface area contributed by atoms with E-state index in [4.69, 9.17) is 0 Å². The number of rotatable bonds is 5. The second-order valence-electron chi connectivity index (χ2n) is 5.39. The van der Waals surface area contributed by atoms with Gasteiger partial charge < -0.3 is 5.32 Å². The lowest BCUT2D eigenvalue weighted by molar-refractivity contribution is -0.121. The van der Waals surface area contributed by atoms with Crippen LogP contribution in [-0.2, 0) is 17.8 Å². The zero-order valence-electron chi connectivity index (χ0n) is 12.9. The van der Waals surface area contributed by atoms with Crippen LogP contribution in [0.4, 0.5) is 0 Å². The highest BCUT2D eigenvalue weighted by atomic mass is 32.2. The number of nitrogens with one attached hydrogen (secondary N) is 1. The maximum absolute atomic E-state index is 12.2. The number of pyridine rings is 1. The molecular formula is C16H18N4O2S. The average Bonchev–Trinajstić information content (AvgIpc) is 2.97. The van der Waals surface area contributed by atoms with Gasteiger partial charge in [-0.05, 0) is 24.1 Å². The Kier molecular flexibility index (Phi) is 4.76. The quantitative estimate of drug-likeness (QED) is 0.842. The van der Waals surface area contributed by atoms with Gasteiger partial charge in [0, 0.05) is 42.9 Å². The number of carbonyl (C=O) groups excluding carboxylic acids is 1. The molecule has 6 nitrogen and oxygen atoms in total. The van der Waals surface area contributed by atoms with Crippen molar-refractivity contribution in [2.45, 2.75) is 37.5 Å². The van der Waals surface area contributed by atoms with Crippen LogP contribution in [0.2, 0.25) is 0 Å². The van der Waals surface area contributed by atoms with E-state index in [2.05, 4.69) is 15.3 Å². The Balaban J connectivity index is 1.64. The topological polar surface area (TPSA) is 76.9 Å². The fraction of sp³-hybridized carbons (Fsp3) is 0.375. The van der Waals surface area contributed by atoms with Crippen LogP contribution < -0.4 is 10.9 Å². The van der Waals surface area contributed by atoms with Crippen molar-refractivity contribution in [2.24, 2.45) is 0 Å². The molecule has 1 amide bonds. The molecule has 23 heavy (non-hydrogen) atoms.